The average Bonchev–Trinajstić information content (AvgIpc) is 2.38. The standard InChI is InChI=1S/C15H23NO3.H3N/c1-4-5-9-19-10-8-12-11-13(16(2)3)6-7-14(12)15(17)18;/h6-7,11H,4-5,8-10H2,1-3H3,(H,17,18);1H3. The molecular weight excluding hydrogens is 256 g/mol. The first kappa shape index (κ1) is 18.4. The Morgan fingerprint density at radius 3 is 2.55 bits per heavy atom. The first-order valence-electron chi connectivity index (χ1n) is 6.67. The molecule has 1 aromatic carbocycles. The van der Waals surface area contributed by atoms with Gasteiger partial charge in [0.15, 0.2) is 0 Å². The molecule has 0 saturated heterocycles. The minimum absolute atomic E-state index is 0. The van der Waals surface area contributed by atoms with Gasteiger partial charge in [-0.25, -0.2) is 4.79 Å². The fraction of sp³-hybridized carbons (Fsp3) is 0.533. The molecule has 0 aliphatic rings. The largest absolute Gasteiger partial charge is 0.478 e. The Balaban J connectivity index is 0.00000361. The molecule has 0 bridgehead atoms. The second-order valence-corrected chi connectivity index (χ2v) is 4.76. The summed E-state index contributed by atoms with van der Waals surface area (Å²) in [7, 11) is 3.88. The van der Waals surface area contributed by atoms with Gasteiger partial charge in [0.25, 0.3) is 0 Å². The van der Waals surface area contributed by atoms with Gasteiger partial charge in [0.05, 0.1) is 12.2 Å². The van der Waals surface area contributed by atoms with E-state index in [0.717, 1.165) is 30.7 Å². The summed E-state index contributed by atoms with van der Waals surface area (Å²) in [6, 6.07) is 5.41. The van der Waals surface area contributed by atoms with E-state index in [0.29, 0.717) is 18.6 Å². The molecule has 20 heavy (non-hydrogen) atoms. The summed E-state index contributed by atoms with van der Waals surface area (Å²) < 4.78 is 5.51. The number of anilines is 1. The zero-order chi connectivity index (χ0) is 14.3. The van der Waals surface area contributed by atoms with Crippen LogP contribution >= 0.6 is 0 Å². The fourth-order valence-corrected chi connectivity index (χ4v) is 1.80. The zero-order valence-electron chi connectivity index (χ0n) is 12.7. The van der Waals surface area contributed by atoms with Crippen molar-refractivity contribution in [3.05, 3.63) is 29.3 Å². The number of ether oxygens (including phenoxy) is 1. The van der Waals surface area contributed by atoms with Crippen LogP contribution in [0, 0.1) is 0 Å². The Labute approximate surface area is 121 Å². The van der Waals surface area contributed by atoms with Crippen molar-refractivity contribution in [2.75, 3.05) is 32.2 Å². The zero-order valence-corrected chi connectivity index (χ0v) is 12.7. The van der Waals surface area contributed by atoms with Crippen LogP contribution < -0.4 is 11.1 Å². The van der Waals surface area contributed by atoms with E-state index >= 15 is 0 Å². The SMILES string of the molecule is CCCCOCCc1cc(N(C)C)ccc1C(=O)O.N. The van der Waals surface area contributed by atoms with E-state index in [1.807, 2.05) is 31.1 Å². The molecule has 5 heteroatoms. The topological polar surface area (TPSA) is 84.8 Å². The lowest BCUT2D eigenvalue weighted by Crippen LogP contribution is -2.12. The van der Waals surface area contributed by atoms with E-state index in [-0.39, 0.29) is 6.15 Å². The summed E-state index contributed by atoms with van der Waals surface area (Å²) in [5, 5.41) is 9.18. The van der Waals surface area contributed by atoms with Gasteiger partial charge >= 0.3 is 5.97 Å². The van der Waals surface area contributed by atoms with Crippen molar-refractivity contribution in [2.45, 2.75) is 26.2 Å². The Hall–Kier alpha value is -1.59. The van der Waals surface area contributed by atoms with Gasteiger partial charge in [-0.3, -0.25) is 0 Å². The minimum atomic E-state index is -0.881. The third kappa shape index (κ3) is 5.59. The quantitative estimate of drug-likeness (QED) is 0.716. The number of nitrogens with zero attached hydrogens (tertiary/aromatic N) is 1. The molecule has 0 spiro atoms. The Kier molecular flexibility index (Phi) is 8.59. The molecular formula is C15H26N2O3. The molecule has 0 unspecified atom stereocenters. The van der Waals surface area contributed by atoms with Crippen molar-refractivity contribution in [3.63, 3.8) is 0 Å². The molecule has 1 rings (SSSR count). The van der Waals surface area contributed by atoms with E-state index in [1.54, 1.807) is 6.07 Å². The highest BCUT2D eigenvalue weighted by Crippen LogP contribution is 2.19. The van der Waals surface area contributed by atoms with Gasteiger partial charge < -0.3 is 20.9 Å². The molecule has 0 saturated carbocycles. The molecule has 0 atom stereocenters. The van der Waals surface area contributed by atoms with Crippen LogP contribution in [-0.4, -0.2) is 38.4 Å². The van der Waals surface area contributed by atoms with Crippen LogP contribution in [0.1, 0.15) is 35.7 Å². The van der Waals surface area contributed by atoms with E-state index in [4.69, 9.17) is 4.74 Å². The van der Waals surface area contributed by atoms with Crippen LogP contribution in [0.3, 0.4) is 0 Å². The highest BCUT2D eigenvalue weighted by atomic mass is 16.5. The lowest BCUT2D eigenvalue weighted by Gasteiger charge is -2.15. The molecule has 0 aromatic heterocycles. The smallest absolute Gasteiger partial charge is 0.335 e. The fourth-order valence-electron chi connectivity index (χ4n) is 1.80. The van der Waals surface area contributed by atoms with E-state index < -0.39 is 5.97 Å². The number of carboxylic acid groups (broad SMARTS) is 1. The normalized spacial score (nSPS) is 9.95. The summed E-state index contributed by atoms with van der Waals surface area (Å²) in [6.45, 7) is 3.43. The third-order valence-corrected chi connectivity index (χ3v) is 2.99. The lowest BCUT2D eigenvalue weighted by molar-refractivity contribution is 0.0695. The van der Waals surface area contributed by atoms with Crippen molar-refractivity contribution in [1.29, 1.82) is 0 Å². The maximum atomic E-state index is 11.2. The summed E-state index contributed by atoms with van der Waals surface area (Å²) in [5.41, 5.74) is 2.20. The summed E-state index contributed by atoms with van der Waals surface area (Å²) in [5.74, 6) is -0.881. The first-order chi connectivity index (χ1) is 9.06. The van der Waals surface area contributed by atoms with Crippen LogP contribution in [0.25, 0.3) is 0 Å². The van der Waals surface area contributed by atoms with E-state index in [9.17, 15) is 9.90 Å². The number of rotatable bonds is 8. The number of benzene rings is 1. The number of carbonyl (C=O) groups is 1. The van der Waals surface area contributed by atoms with Gasteiger partial charge in [0.1, 0.15) is 0 Å². The van der Waals surface area contributed by atoms with E-state index in [1.165, 1.54) is 0 Å². The van der Waals surface area contributed by atoms with Crippen LogP contribution in [0.2, 0.25) is 0 Å². The predicted octanol–water partition coefficient (Wildman–Crippen LogP) is 2.97. The maximum absolute atomic E-state index is 11.2. The highest BCUT2D eigenvalue weighted by molar-refractivity contribution is 5.90. The first-order valence-corrected chi connectivity index (χ1v) is 6.67. The maximum Gasteiger partial charge on any atom is 0.335 e. The monoisotopic (exact) mass is 282 g/mol. The Bertz CT molecular complexity index is 420. The molecule has 4 N–H and O–H groups in total. The van der Waals surface area contributed by atoms with Crippen LogP contribution in [-0.2, 0) is 11.2 Å². The lowest BCUT2D eigenvalue weighted by atomic mass is 10.0. The van der Waals surface area contributed by atoms with Crippen molar-refractivity contribution in [1.82, 2.24) is 6.15 Å². The van der Waals surface area contributed by atoms with Crippen molar-refractivity contribution in [3.8, 4) is 0 Å². The van der Waals surface area contributed by atoms with Gasteiger partial charge in [0, 0.05) is 26.4 Å². The van der Waals surface area contributed by atoms with Crippen LogP contribution in [0.15, 0.2) is 18.2 Å². The van der Waals surface area contributed by atoms with Gasteiger partial charge in [-0.1, -0.05) is 13.3 Å². The van der Waals surface area contributed by atoms with Crippen molar-refractivity contribution in [2.24, 2.45) is 0 Å². The van der Waals surface area contributed by atoms with E-state index in [2.05, 4.69) is 6.92 Å². The molecule has 1 aromatic rings. The predicted molar refractivity (Wildman–Crippen MR) is 82.2 cm³/mol. The second kappa shape index (κ2) is 9.34. The Morgan fingerprint density at radius 2 is 2.00 bits per heavy atom. The summed E-state index contributed by atoms with van der Waals surface area (Å²) >= 11 is 0. The molecule has 0 aliphatic carbocycles. The molecule has 5 nitrogen and oxygen atoms in total. The van der Waals surface area contributed by atoms with Gasteiger partial charge in [-0.05, 0) is 36.6 Å². The third-order valence-electron chi connectivity index (χ3n) is 2.99. The minimum Gasteiger partial charge on any atom is -0.478 e. The Morgan fingerprint density at radius 1 is 1.30 bits per heavy atom. The summed E-state index contributed by atoms with van der Waals surface area (Å²) in [4.78, 5) is 13.1. The van der Waals surface area contributed by atoms with Gasteiger partial charge in [-0.2, -0.15) is 0 Å². The number of hydrogen-bond donors (Lipinski definition) is 2. The van der Waals surface area contributed by atoms with Gasteiger partial charge in [0.2, 0.25) is 0 Å². The molecule has 0 radical (unpaired) electrons. The number of carboxylic acids is 1. The van der Waals surface area contributed by atoms with Crippen LogP contribution in [0.5, 0.6) is 0 Å². The molecule has 0 fully saturated rings. The molecule has 0 heterocycles. The number of unbranched alkanes of at least 4 members (excludes halogenated alkanes) is 1. The van der Waals surface area contributed by atoms with Crippen LogP contribution in [0.4, 0.5) is 5.69 Å². The second-order valence-electron chi connectivity index (χ2n) is 4.76. The van der Waals surface area contributed by atoms with Crippen molar-refractivity contribution >= 4 is 11.7 Å². The average molecular weight is 282 g/mol. The summed E-state index contributed by atoms with van der Waals surface area (Å²) in [6.07, 6.45) is 2.78. The highest BCUT2D eigenvalue weighted by Gasteiger charge is 2.11. The number of aromatic carboxylic acids is 1. The molecule has 0 amide bonds. The van der Waals surface area contributed by atoms with Gasteiger partial charge in [-0.15, -0.1) is 0 Å². The van der Waals surface area contributed by atoms with Crippen molar-refractivity contribution < 1.29 is 14.6 Å². The molecule has 114 valence electrons. The number of hydrogen-bond acceptors (Lipinski definition) is 4. The molecule has 0 aliphatic heterocycles.